The molecule has 23 heavy (non-hydrogen) atoms. The summed E-state index contributed by atoms with van der Waals surface area (Å²) < 4.78 is 13.9. The minimum absolute atomic E-state index is 0.126. The number of nitrogens with zero attached hydrogens (tertiary/aromatic N) is 1. The molecule has 1 saturated heterocycles. The molecule has 0 spiro atoms. The van der Waals surface area contributed by atoms with Gasteiger partial charge in [0, 0.05) is 6.42 Å². The van der Waals surface area contributed by atoms with Crippen LogP contribution in [0.3, 0.4) is 0 Å². The first-order valence-electron chi connectivity index (χ1n) is 7.57. The Bertz CT molecular complexity index is 566. The van der Waals surface area contributed by atoms with E-state index in [0.717, 1.165) is 4.90 Å². The summed E-state index contributed by atoms with van der Waals surface area (Å²) in [7, 11) is 0. The average molecular weight is 327 g/mol. The van der Waals surface area contributed by atoms with Gasteiger partial charge >= 0.3 is 0 Å². The number of hydrogen-bond acceptors (Lipinski definition) is 4. The third kappa shape index (κ3) is 3.51. The van der Waals surface area contributed by atoms with Crippen LogP contribution in [-0.2, 0) is 19.2 Å². The second-order valence-electron chi connectivity index (χ2n) is 7.36. The van der Waals surface area contributed by atoms with Crippen molar-refractivity contribution in [3.63, 3.8) is 0 Å². The minimum Gasteiger partial charge on any atom is -0.368 e. The van der Waals surface area contributed by atoms with Gasteiger partial charge in [0.1, 0.15) is 12.1 Å². The number of rotatable bonds is 4. The SMILES string of the molecule is CC(C)(C)[C@H](NC(=O)C1(F)CC1)C(=O)N1CC(=O)C[C@H]1C(N)=O. The van der Waals surface area contributed by atoms with Crippen LogP contribution in [0.4, 0.5) is 4.39 Å². The number of primary amides is 1. The maximum Gasteiger partial charge on any atom is 0.258 e. The van der Waals surface area contributed by atoms with Gasteiger partial charge in [0.2, 0.25) is 11.8 Å². The second-order valence-corrected chi connectivity index (χ2v) is 7.36. The first-order chi connectivity index (χ1) is 10.5. The Morgan fingerprint density at radius 3 is 2.35 bits per heavy atom. The summed E-state index contributed by atoms with van der Waals surface area (Å²) >= 11 is 0. The zero-order chi connectivity index (χ0) is 17.6. The number of carbonyl (C=O) groups is 4. The zero-order valence-corrected chi connectivity index (χ0v) is 13.5. The molecule has 1 aliphatic heterocycles. The number of hydrogen-bond donors (Lipinski definition) is 2. The summed E-state index contributed by atoms with van der Waals surface area (Å²) in [5.41, 5.74) is 2.62. The number of likely N-dealkylation sites (tertiary alicyclic amines) is 1. The van der Waals surface area contributed by atoms with E-state index in [1.54, 1.807) is 20.8 Å². The molecule has 0 aromatic rings. The molecule has 2 aliphatic rings. The Morgan fingerprint density at radius 1 is 1.35 bits per heavy atom. The van der Waals surface area contributed by atoms with E-state index >= 15 is 0 Å². The summed E-state index contributed by atoms with van der Waals surface area (Å²) in [6, 6.07) is -2.06. The molecule has 0 radical (unpaired) electrons. The Hall–Kier alpha value is -1.99. The van der Waals surface area contributed by atoms with Gasteiger partial charge < -0.3 is 16.0 Å². The molecule has 2 atom stereocenters. The predicted molar refractivity (Wildman–Crippen MR) is 78.8 cm³/mol. The molecular weight excluding hydrogens is 305 g/mol. The van der Waals surface area contributed by atoms with Gasteiger partial charge in [0.25, 0.3) is 5.91 Å². The van der Waals surface area contributed by atoms with E-state index in [2.05, 4.69) is 5.32 Å². The summed E-state index contributed by atoms with van der Waals surface area (Å²) in [5, 5.41) is 2.44. The Kier molecular flexibility index (Phi) is 4.21. The molecule has 0 aromatic heterocycles. The van der Waals surface area contributed by atoms with Gasteiger partial charge in [-0.3, -0.25) is 19.2 Å². The van der Waals surface area contributed by atoms with E-state index in [0.29, 0.717) is 0 Å². The molecule has 0 aromatic carbocycles. The first kappa shape index (κ1) is 17.4. The number of halogens is 1. The predicted octanol–water partition coefficient (Wildman–Crippen LogP) is -0.325. The van der Waals surface area contributed by atoms with Crippen molar-refractivity contribution in [3.8, 4) is 0 Å². The van der Waals surface area contributed by atoms with Gasteiger partial charge in [-0.2, -0.15) is 0 Å². The fourth-order valence-corrected chi connectivity index (χ4v) is 2.59. The number of nitrogens with two attached hydrogens (primary N) is 1. The molecule has 8 heteroatoms. The normalized spacial score (nSPS) is 24.3. The van der Waals surface area contributed by atoms with E-state index in [-0.39, 0.29) is 31.6 Å². The lowest BCUT2D eigenvalue weighted by molar-refractivity contribution is -0.144. The highest BCUT2D eigenvalue weighted by molar-refractivity contribution is 6.01. The third-order valence-corrected chi connectivity index (χ3v) is 4.24. The van der Waals surface area contributed by atoms with Crippen molar-refractivity contribution in [2.45, 2.75) is 57.8 Å². The van der Waals surface area contributed by atoms with Crippen LogP contribution in [0.15, 0.2) is 0 Å². The number of amides is 3. The number of Topliss-reactive ketones (excluding diaryl/α,β-unsaturated/α-hetero) is 1. The molecular formula is C15H22FN3O4. The Morgan fingerprint density at radius 2 is 1.91 bits per heavy atom. The van der Waals surface area contributed by atoms with Crippen molar-refractivity contribution in [2.75, 3.05) is 6.54 Å². The molecule has 2 rings (SSSR count). The van der Waals surface area contributed by atoms with Crippen LogP contribution < -0.4 is 11.1 Å². The van der Waals surface area contributed by atoms with Gasteiger partial charge in [0.15, 0.2) is 11.5 Å². The van der Waals surface area contributed by atoms with E-state index in [9.17, 15) is 23.6 Å². The van der Waals surface area contributed by atoms with Crippen LogP contribution in [0.1, 0.15) is 40.0 Å². The van der Waals surface area contributed by atoms with Crippen LogP contribution in [-0.4, -0.2) is 52.7 Å². The number of alkyl halides is 1. The van der Waals surface area contributed by atoms with Crippen molar-refractivity contribution >= 4 is 23.5 Å². The first-order valence-corrected chi connectivity index (χ1v) is 7.57. The fourth-order valence-electron chi connectivity index (χ4n) is 2.59. The van der Waals surface area contributed by atoms with Gasteiger partial charge in [-0.1, -0.05) is 20.8 Å². The topological polar surface area (TPSA) is 110 Å². The number of ketones is 1. The van der Waals surface area contributed by atoms with Gasteiger partial charge in [-0.15, -0.1) is 0 Å². The van der Waals surface area contributed by atoms with Crippen LogP contribution in [0.25, 0.3) is 0 Å². The van der Waals surface area contributed by atoms with E-state index in [1.807, 2.05) is 0 Å². The van der Waals surface area contributed by atoms with Crippen LogP contribution in [0.2, 0.25) is 0 Å². The Balaban J connectivity index is 2.21. The zero-order valence-electron chi connectivity index (χ0n) is 13.5. The van der Waals surface area contributed by atoms with Crippen LogP contribution in [0.5, 0.6) is 0 Å². The van der Waals surface area contributed by atoms with Gasteiger partial charge in [0.05, 0.1) is 6.54 Å². The molecule has 3 N–H and O–H groups in total. The largest absolute Gasteiger partial charge is 0.368 e. The van der Waals surface area contributed by atoms with Crippen molar-refractivity contribution < 1.29 is 23.6 Å². The van der Waals surface area contributed by atoms with Crippen molar-refractivity contribution in [2.24, 2.45) is 11.1 Å². The molecule has 2 fully saturated rings. The summed E-state index contributed by atoms with van der Waals surface area (Å²) in [6.07, 6.45) is 0.144. The van der Waals surface area contributed by atoms with Crippen LogP contribution >= 0.6 is 0 Å². The average Bonchev–Trinajstić information content (AvgIpc) is 3.04. The van der Waals surface area contributed by atoms with Gasteiger partial charge in [-0.25, -0.2) is 4.39 Å². The molecule has 3 amide bonds. The molecule has 7 nitrogen and oxygen atoms in total. The van der Waals surface area contributed by atoms with E-state index < -0.39 is 40.9 Å². The summed E-state index contributed by atoms with van der Waals surface area (Å²) in [6.45, 7) is 4.91. The molecule has 128 valence electrons. The lowest BCUT2D eigenvalue weighted by Crippen LogP contribution is -2.58. The molecule has 1 heterocycles. The highest BCUT2D eigenvalue weighted by atomic mass is 19.1. The van der Waals surface area contributed by atoms with Crippen LogP contribution in [0, 0.1) is 5.41 Å². The minimum atomic E-state index is -1.91. The smallest absolute Gasteiger partial charge is 0.258 e. The maximum atomic E-state index is 13.9. The highest BCUT2D eigenvalue weighted by Crippen LogP contribution is 2.40. The lowest BCUT2D eigenvalue weighted by atomic mass is 9.85. The molecule has 1 aliphatic carbocycles. The fraction of sp³-hybridized carbons (Fsp3) is 0.733. The third-order valence-electron chi connectivity index (χ3n) is 4.24. The van der Waals surface area contributed by atoms with E-state index in [1.165, 1.54) is 0 Å². The number of carbonyl (C=O) groups excluding carboxylic acids is 4. The monoisotopic (exact) mass is 327 g/mol. The lowest BCUT2D eigenvalue weighted by Gasteiger charge is -2.35. The van der Waals surface area contributed by atoms with Gasteiger partial charge in [-0.05, 0) is 18.3 Å². The highest BCUT2D eigenvalue weighted by Gasteiger charge is 2.53. The van der Waals surface area contributed by atoms with Crippen molar-refractivity contribution in [1.29, 1.82) is 0 Å². The Labute approximate surface area is 133 Å². The van der Waals surface area contributed by atoms with Crippen molar-refractivity contribution in [1.82, 2.24) is 10.2 Å². The summed E-state index contributed by atoms with van der Waals surface area (Å²) in [4.78, 5) is 48.9. The quantitative estimate of drug-likeness (QED) is 0.737. The summed E-state index contributed by atoms with van der Waals surface area (Å²) in [5.74, 6) is -2.46. The standard InChI is InChI=1S/C15H22FN3O4/c1-14(2,3)10(18-13(23)15(16)4-5-15)12(22)19-7-8(20)6-9(19)11(17)21/h9-10H,4-7H2,1-3H3,(H2,17,21)(H,18,23)/t9-,10+/m0/s1. The number of nitrogens with one attached hydrogen (secondary N) is 1. The van der Waals surface area contributed by atoms with Crippen molar-refractivity contribution in [3.05, 3.63) is 0 Å². The van der Waals surface area contributed by atoms with E-state index in [4.69, 9.17) is 5.73 Å². The maximum absolute atomic E-state index is 13.9. The second kappa shape index (κ2) is 5.58. The molecule has 0 bridgehead atoms. The molecule has 0 unspecified atom stereocenters. The molecule has 1 saturated carbocycles.